The summed E-state index contributed by atoms with van der Waals surface area (Å²) in [5, 5.41) is 0. The number of nitrogen functional groups attached to an aromatic ring is 1. The number of hydrogen-bond acceptors (Lipinski definition) is 5. The van der Waals surface area contributed by atoms with Gasteiger partial charge in [-0.1, -0.05) is 0 Å². The molecule has 0 atom stereocenters. The van der Waals surface area contributed by atoms with Crippen LogP contribution in [0, 0.1) is 0 Å². The van der Waals surface area contributed by atoms with E-state index < -0.39 is 0 Å². The third-order valence-electron chi connectivity index (χ3n) is 1.79. The van der Waals surface area contributed by atoms with Gasteiger partial charge in [0.2, 0.25) is 0 Å². The van der Waals surface area contributed by atoms with Gasteiger partial charge in [0.25, 0.3) is 0 Å². The van der Waals surface area contributed by atoms with E-state index in [9.17, 15) is 0 Å². The molecule has 0 aliphatic heterocycles. The van der Waals surface area contributed by atoms with E-state index in [0.29, 0.717) is 5.82 Å². The second-order valence-electron chi connectivity index (χ2n) is 2.90. The molecule has 3 aromatic rings. The largest absolute Gasteiger partial charge is 0.382 e. The molecule has 6 heteroatoms. The lowest BCUT2D eigenvalue weighted by Crippen LogP contribution is -1.87. The fourth-order valence-electron chi connectivity index (χ4n) is 1.08. The van der Waals surface area contributed by atoms with Crippen LogP contribution in [0.3, 0.4) is 0 Å². The molecule has 0 spiro atoms. The Hall–Kier alpha value is -2.50. The van der Waals surface area contributed by atoms with Crippen LogP contribution in [0.15, 0.2) is 49.6 Å². The number of fused-ring (bicyclic) bond motifs is 1. The van der Waals surface area contributed by atoms with Crippen LogP contribution in [-0.4, -0.2) is 24.3 Å². The van der Waals surface area contributed by atoms with E-state index in [2.05, 4.69) is 19.9 Å². The highest BCUT2D eigenvalue weighted by molar-refractivity contribution is 5.33. The van der Waals surface area contributed by atoms with Crippen molar-refractivity contribution in [1.29, 1.82) is 0 Å². The van der Waals surface area contributed by atoms with Gasteiger partial charge in [0.1, 0.15) is 5.82 Å². The molecule has 3 rings (SSSR count). The summed E-state index contributed by atoms with van der Waals surface area (Å²) >= 11 is 0. The van der Waals surface area contributed by atoms with Gasteiger partial charge in [-0.2, -0.15) is 0 Å². The molecule has 0 aliphatic carbocycles. The molecule has 16 heavy (non-hydrogen) atoms. The number of rotatable bonds is 0. The summed E-state index contributed by atoms with van der Waals surface area (Å²) < 4.78 is 1.91. The second-order valence-corrected chi connectivity index (χ2v) is 2.90. The maximum atomic E-state index is 5.18. The van der Waals surface area contributed by atoms with Crippen molar-refractivity contribution in [3.8, 4) is 0 Å². The van der Waals surface area contributed by atoms with Crippen molar-refractivity contribution in [2.75, 3.05) is 5.73 Å². The summed E-state index contributed by atoms with van der Waals surface area (Å²) in [6.45, 7) is 0. The van der Waals surface area contributed by atoms with Gasteiger partial charge in [0, 0.05) is 37.2 Å². The average molecular weight is 214 g/mol. The quantitative estimate of drug-likeness (QED) is 0.598. The van der Waals surface area contributed by atoms with Crippen LogP contribution in [0.1, 0.15) is 0 Å². The first-order valence-electron chi connectivity index (χ1n) is 4.60. The molecule has 0 saturated carbocycles. The fourth-order valence-corrected chi connectivity index (χ4v) is 1.08. The molecule has 2 N–H and O–H groups in total. The van der Waals surface area contributed by atoms with E-state index in [1.807, 2.05) is 16.8 Å². The molecule has 0 aromatic carbocycles. The van der Waals surface area contributed by atoms with Gasteiger partial charge in [-0.3, -0.25) is 9.97 Å². The van der Waals surface area contributed by atoms with E-state index in [1.54, 1.807) is 31.0 Å². The van der Waals surface area contributed by atoms with Crippen molar-refractivity contribution in [3.63, 3.8) is 0 Å². The zero-order valence-corrected chi connectivity index (χ0v) is 8.43. The number of nitrogens with zero attached hydrogens (tertiary/aromatic N) is 5. The van der Waals surface area contributed by atoms with Gasteiger partial charge in [-0.25, -0.2) is 9.97 Å². The monoisotopic (exact) mass is 214 g/mol. The summed E-state index contributed by atoms with van der Waals surface area (Å²) in [6, 6.07) is 0. The third kappa shape index (κ3) is 2.50. The summed E-state index contributed by atoms with van der Waals surface area (Å²) in [4.78, 5) is 15.3. The third-order valence-corrected chi connectivity index (χ3v) is 1.79. The van der Waals surface area contributed by atoms with Crippen LogP contribution in [0.5, 0.6) is 0 Å². The van der Waals surface area contributed by atoms with Crippen molar-refractivity contribution < 1.29 is 0 Å². The normalized spacial score (nSPS) is 9.50. The summed E-state index contributed by atoms with van der Waals surface area (Å²) in [5.41, 5.74) is 6.07. The molecular formula is C10H10N6. The lowest BCUT2D eigenvalue weighted by molar-refractivity contribution is 1.13. The van der Waals surface area contributed by atoms with E-state index in [4.69, 9.17) is 5.73 Å². The van der Waals surface area contributed by atoms with Crippen LogP contribution < -0.4 is 5.73 Å². The number of imidazole rings is 1. The Morgan fingerprint density at radius 2 is 1.69 bits per heavy atom. The fraction of sp³-hybridized carbons (Fsp3) is 0. The molecule has 0 saturated heterocycles. The van der Waals surface area contributed by atoms with Crippen molar-refractivity contribution in [2.24, 2.45) is 0 Å². The Kier molecular flexibility index (Phi) is 3.03. The molecule has 0 radical (unpaired) electrons. The van der Waals surface area contributed by atoms with Crippen molar-refractivity contribution >= 4 is 11.5 Å². The van der Waals surface area contributed by atoms with Gasteiger partial charge in [0.15, 0.2) is 5.65 Å². The first-order valence-corrected chi connectivity index (χ1v) is 4.60. The molecule has 0 aliphatic rings. The van der Waals surface area contributed by atoms with Crippen LogP contribution in [0.25, 0.3) is 5.65 Å². The van der Waals surface area contributed by atoms with Crippen LogP contribution >= 0.6 is 0 Å². The number of anilines is 1. The first-order chi connectivity index (χ1) is 7.86. The summed E-state index contributed by atoms with van der Waals surface area (Å²) in [6.07, 6.45) is 13.6. The van der Waals surface area contributed by atoms with E-state index in [1.165, 1.54) is 6.20 Å². The van der Waals surface area contributed by atoms with Crippen LogP contribution in [-0.2, 0) is 0 Å². The zero-order chi connectivity index (χ0) is 11.2. The van der Waals surface area contributed by atoms with Crippen molar-refractivity contribution in [2.45, 2.75) is 0 Å². The molecule has 80 valence electrons. The van der Waals surface area contributed by atoms with E-state index in [-0.39, 0.29) is 0 Å². The molecule has 3 heterocycles. The van der Waals surface area contributed by atoms with E-state index >= 15 is 0 Å². The molecule has 6 nitrogen and oxygen atoms in total. The molecule has 0 unspecified atom stereocenters. The Balaban J connectivity index is 0.000000125. The maximum absolute atomic E-state index is 5.18. The Bertz CT molecular complexity index is 517. The van der Waals surface area contributed by atoms with Crippen molar-refractivity contribution in [1.82, 2.24) is 24.3 Å². The lowest BCUT2D eigenvalue weighted by Gasteiger charge is -1.86. The topological polar surface area (TPSA) is 82.0 Å². The molecule has 3 aromatic heterocycles. The molecule has 0 amide bonds. The minimum Gasteiger partial charge on any atom is -0.382 e. The average Bonchev–Trinajstić information content (AvgIpc) is 2.79. The Labute approximate surface area is 91.8 Å². The Morgan fingerprint density at radius 3 is 2.31 bits per heavy atom. The van der Waals surface area contributed by atoms with Gasteiger partial charge >= 0.3 is 0 Å². The number of nitrogens with two attached hydrogens (primary N) is 1. The van der Waals surface area contributed by atoms with Crippen molar-refractivity contribution in [3.05, 3.63) is 49.6 Å². The van der Waals surface area contributed by atoms with Gasteiger partial charge < -0.3 is 10.1 Å². The standard InChI is InChI=1S/C6H5N3.C4H5N3/c1-3-9-4-2-8-6(9)5-7-1;5-4-3-6-1-2-7-4/h1-5H;1-3H,(H2,5,7). The van der Waals surface area contributed by atoms with E-state index in [0.717, 1.165) is 5.65 Å². The smallest absolute Gasteiger partial charge is 0.155 e. The minimum atomic E-state index is 0.461. The minimum absolute atomic E-state index is 0.461. The predicted octanol–water partition coefficient (Wildman–Crippen LogP) is 0.788. The second kappa shape index (κ2) is 4.83. The van der Waals surface area contributed by atoms with Crippen LogP contribution in [0.4, 0.5) is 5.82 Å². The molecule has 0 bridgehead atoms. The van der Waals surface area contributed by atoms with Gasteiger partial charge in [-0.05, 0) is 0 Å². The highest BCUT2D eigenvalue weighted by atomic mass is 15.0. The maximum Gasteiger partial charge on any atom is 0.155 e. The highest BCUT2D eigenvalue weighted by Gasteiger charge is 1.86. The molecule has 0 fully saturated rings. The summed E-state index contributed by atoms with van der Waals surface area (Å²) in [5.74, 6) is 0.461. The highest BCUT2D eigenvalue weighted by Crippen LogP contribution is 1.93. The number of hydrogen-bond donors (Lipinski definition) is 1. The zero-order valence-electron chi connectivity index (χ0n) is 8.43. The first kappa shape index (κ1) is 10.0. The lowest BCUT2D eigenvalue weighted by atomic mass is 10.7. The number of aromatic nitrogens is 5. The predicted molar refractivity (Wildman–Crippen MR) is 59.4 cm³/mol. The molecular weight excluding hydrogens is 204 g/mol. The van der Waals surface area contributed by atoms with Crippen LogP contribution in [0.2, 0.25) is 0 Å². The van der Waals surface area contributed by atoms with Gasteiger partial charge in [0.05, 0.1) is 12.4 Å². The van der Waals surface area contributed by atoms with Gasteiger partial charge in [-0.15, -0.1) is 0 Å². The SMILES string of the molecule is Nc1cnccn1.c1cn2ccnc2cn1. The summed E-state index contributed by atoms with van der Waals surface area (Å²) in [7, 11) is 0. The Morgan fingerprint density at radius 1 is 0.875 bits per heavy atom.